The van der Waals surface area contributed by atoms with Gasteiger partial charge in [0.1, 0.15) is 0 Å². The van der Waals surface area contributed by atoms with Crippen LogP contribution in [0, 0.1) is 13.8 Å². The largest absolute Gasteiger partial charge is 0.323 e. The summed E-state index contributed by atoms with van der Waals surface area (Å²) >= 11 is 0. The fraction of sp³-hybridized carbons (Fsp3) is 0.278. The zero-order chi connectivity index (χ0) is 15.4. The van der Waals surface area contributed by atoms with E-state index in [1.807, 2.05) is 56.3 Å². The summed E-state index contributed by atoms with van der Waals surface area (Å²) in [6.45, 7) is 8.32. The molecule has 2 amide bonds. The Morgan fingerprint density at radius 2 is 1.62 bits per heavy atom. The highest BCUT2D eigenvalue weighted by Crippen LogP contribution is 2.19. The maximum absolute atomic E-state index is 12.0. The first kappa shape index (κ1) is 15.1. The molecule has 2 aromatic carbocycles. The number of hydrogen-bond acceptors (Lipinski definition) is 1. The first-order chi connectivity index (χ1) is 9.95. The highest BCUT2D eigenvalue weighted by molar-refractivity contribution is 6.00. The van der Waals surface area contributed by atoms with E-state index in [0.717, 1.165) is 16.9 Å². The van der Waals surface area contributed by atoms with Gasteiger partial charge in [-0.25, -0.2) is 4.79 Å². The van der Waals surface area contributed by atoms with E-state index in [9.17, 15) is 4.79 Å². The molecule has 0 unspecified atom stereocenters. The average Bonchev–Trinajstić information content (AvgIpc) is 2.42. The molecule has 21 heavy (non-hydrogen) atoms. The van der Waals surface area contributed by atoms with Gasteiger partial charge in [0, 0.05) is 11.4 Å². The Balaban J connectivity index is 2.01. The number of urea groups is 1. The molecule has 0 heterocycles. The van der Waals surface area contributed by atoms with Gasteiger partial charge in [-0.15, -0.1) is 0 Å². The molecule has 0 atom stereocenters. The summed E-state index contributed by atoms with van der Waals surface area (Å²) in [5.41, 5.74) is 5.12. The van der Waals surface area contributed by atoms with Gasteiger partial charge in [-0.1, -0.05) is 43.7 Å². The molecule has 2 aromatic rings. The molecule has 0 fully saturated rings. The zero-order valence-corrected chi connectivity index (χ0v) is 13.0. The number of carbonyl (C=O) groups excluding carboxylic acids is 1. The van der Waals surface area contributed by atoms with Crippen LogP contribution in [0.3, 0.4) is 0 Å². The summed E-state index contributed by atoms with van der Waals surface area (Å²) in [5, 5.41) is 5.72. The highest BCUT2D eigenvalue weighted by atomic mass is 16.2. The molecule has 110 valence electrons. The fourth-order valence-corrected chi connectivity index (χ4v) is 2.19. The van der Waals surface area contributed by atoms with Crippen molar-refractivity contribution in [2.45, 2.75) is 33.6 Å². The molecule has 0 aliphatic rings. The standard InChI is InChI=1S/C18H22N2O/c1-12(2)15-6-8-16(9-7-15)19-18(21)20-17-10-5-13(3)11-14(17)4/h5-12H,1-4H3,(H2,19,20,21). The van der Waals surface area contributed by atoms with Crippen molar-refractivity contribution in [3.8, 4) is 0 Å². The highest BCUT2D eigenvalue weighted by Gasteiger charge is 2.05. The van der Waals surface area contributed by atoms with Gasteiger partial charge in [-0.2, -0.15) is 0 Å². The van der Waals surface area contributed by atoms with E-state index in [1.165, 1.54) is 11.1 Å². The van der Waals surface area contributed by atoms with Crippen LogP contribution in [0.5, 0.6) is 0 Å². The number of anilines is 2. The topological polar surface area (TPSA) is 41.1 Å². The third-order valence-electron chi connectivity index (χ3n) is 3.47. The van der Waals surface area contributed by atoms with Crippen LogP contribution < -0.4 is 10.6 Å². The Morgan fingerprint density at radius 3 is 2.19 bits per heavy atom. The Hall–Kier alpha value is -2.29. The van der Waals surface area contributed by atoms with Gasteiger partial charge in [0.15, 0.2) is 0 Å². The first-order valence-electron chi connectivity index (χ1n) is 7.21. The summed E-state index contributed by atoms with van der Waals surface area (Å²) in [7, 11) is 0. The van der Waals surface area contributed by atoms with Crippen LogP contribution in [0.15, 0.2) is 42.5 Å². The summed E-state index contributed by atoms with van der Waals surface area (Å²) < 4.78 is 0. The first-order valence-corrected chi connectivity index (χ1v) is 7.21. The molecule has 0 bridgehead atoms. The molecule has 0 aliphatic heterocycles. The number of rotatable bonds is 3. The van der Waals surface area contributed by atoms with E-state index >= 15 is 0 Å². The van der Waals surface area contributed by atoms with Gasteiger partial charge in [0.2, 0.25) is 0 Å². The van der Waals surface area contributed by atoms with Crippen LogP contribution in [-0.2, 0) is 0 Å². The lowest BCUT2D eigenvalue weighted by Crippen LogP contribution is -2.19. The smallest absolute Gasteiger partial charge is 0.308 e. The van der Waals surface area contributed by atoms with Gasteiger partial charge in [0.05, 0.1) is 0 Å². The van der Waals surface area contributed by atoms with Crippen LogP contribution in [0.4, 0.5) is 16.2 Å². The fourth-order valence-electron chi connectivity index (χ4n) is 2.19. The van der Waals surface area contributed by atoms with Gasteiger partial charge in [0.25, 0.3) is 0 Å². The number of aryl methyl sites for hydroxylation is 2. The molecule has 3 heteroatoms. The Bertz CT molecular complexity index is 630. The van der Waals surface area contributed by atoms with Crippen molar-refractivity contribution in [2.24, 2.45) is 0 Å². The third-order valence-corrected chi connectivity index (χ3v) is 3.47. The van der Waals surface area contributed by atoms with Crippen LogP contribution in [-0.4, -0.2) is 6.03 Å². The maximum atomic E-state index is 12.0. The lowest BCUT2D eigenvalue weighted by atomic mass is 10.0. The molecule has 2 rings (SSSR count). The Morgan fingerprint density at radius 1 is 0.952 bits per heavy atom. The average molecular weight is 282 g/mol. The number of amides is 2. The van der Waals surface area contributed by atoms with Crippen LogP contribution in [0.2, 0.25) is 0 Å². The molecule has 2 N–H and O–H groups in total. The minimum atomic E-state index is -0.223. The second-order valence-corrected chi connectivity index (χ2v) is 5.67. The number of benzene rings is 2. The van der Waals surface area contributed by atoms with Crippen molar-refractivity contribution >= 4 is 17.4 Å². The lowest BCUT2D eigenvalue weighted by Gasteiger charge is -2.11. The molecular weight excluding hydrogens is 260 g/mol. The predicted molar refractivity (Wildman–Crippen MR) is 89.1 cm³/mol. The monoisotopic (exact) mass is 282 g/mol. The van der Waals surface area contributed by atoms with Crippen molar-refractivity contribution in [1.82, 2.24) is 0 Å². The number of nitrogens with one attached hydrogen (secondary N) is 2. The van der Waals surface area contributed by atoms with Crippen LogP contribution in [0.1, 0.15) is 36.5 Å². The molecule has 3 nitrogen and oxygen atoms in total. The molecule has 0 aliphatic carbocycles. The van der Waals surface area contributed by atoms with Crippen molar-refractivity contribution in [1.29, 1.82) is 0 Å². The zero-order valence-electron chi connectivity index (χ0n) is 13.0. The minimum absolute atomic E-state index is 0.223. The number of hydrogen-bond donors (Lipinski definition) is 2. The minimum Gasteiger partial charge on any atom is -0.308 e. The van der Waals surface area contributed by atoms with E-state index in [2.05, 4.69) is 24.5 Å². The Labute approximate surface area is 126 Å². The quantitative estimate of drug-likeness (QED) is 0.810. The van der Waals surface area contributed by atoms with Gasteiger partial charge < -0.3 is 10.6 Å². The molecular formula is C18H22N2O. The summed E-state index contributed by atoms with van der Waals surface area (Å²) in [4.78, 5) is 12.0. The Kier molecular flexibility index (Phi) is 4.63. The maximum Gasteiger partial charge on any atom is 0.323 e. The number of carbonyl (C=O) groups is 1. The molecule has 0 saturated carbocycles. The molecule has 0 aromatic heterocycles. The third kappa shape index (κ3) is 4.09. The second kappa shape index (κ2) is 6.44. The SMILES string of the molecule is Cc1ccc(NC(=O)Nc2ccc(C(C)C)cc2)c(C)c1. The van der Waals surface area contributed by atoms with Crippen molar-refractivity contribution < 1.29 is 4.79 Å². The van der Waals surface area contributed by atoms with E-state index < -0.39 is 0 Å². The van der Waals surface area contributed by atoms with Crippen molar-refractivity contribution in [3.63, 3.8) is 0 Å². The molecule has 0 spiro atoms. The lowest BCUT2D eigenvalue weighted by molar-refractivity contribution is 0.262. The van der Waals surface area contributed by atoms with Gasteiger partial charge >= 0.3 is 6.03 Å². The molecule has 0 saturated heterocycles. The van der Waals surface area contributed by atoms with Gasteiger partial charge in [-0.3, -0.25) is 0 Å². The van der Waals surface area contributed by atoms with Crippen molar-refractivity contribution in [2.75, 3.05) is 10.6 Å². The second-order valence-electron chi connectivity index (χ2n) is 5.67. The van der Waals surface area contributed by atoms with E-state index in [4.69, 9.17) is 0 Å². The summed E-state index contributed by atoms with van der Waals surface area (Å²) in [6.07, 6.45) is 0. The van der Waals surface area contributed by atoms with E-state index in [1.54, 1.807) is 0 Å². The van der Waals surface area contributed by atoms with Crippen molar-refractivity contribution in [3.05, 3.63) is 59.2 Å². The summed E-state index contributed by atoms with van der Waals surface area (Å²) in [6, 6.07) is 13.7. The van der Waals surface area contributed by atoms with E-state index in [-0.39, 0.29) is 6.03 Å². The van der Waals surface area contributed by atoms with Crippen LogP contribution in [0.25, 0.3) is 0 Å². The normalized spacial score (nSPS) is 10.5. The van der Waals surface area contributed by atoms with E-state index in [0.29, 0.717) is 5.92 Å². The predicted octanol–water partition coefficient (Wildman–Crippen LogP) is 5.07. The molecule has 0 radical (unpaired) electrons. The summed E-state index contributed by atoms with van der Waals surface area (Å²) in [5.74, 6) is 0.489. The van der Waals surface area contributed by atoms with Gasteiger partial charge in [-0.05, 0) is 49.1 Å². The van der Waals surface area contributed by atoms with Crippen LogP contribution >= 0.6 is 0 Å².